The first kappa shape index (κ1) is 12.7. The van der Waals surface area contributed by atoms with Crippen molar-refractivity contribution >= 4 is 11.7 Å². The molecule has 0 bridgehead atoms. The number of hydrogen-bond donors (Lipinski definition) is 2. The van der Waals surface area contributed by atoms with Gasteiger partial charge in [0.15, 0.2) is 0 Å². The van der Waals surface area contributed by atoms with Gasteiger partial charge in [-0.1, -0.05) is 6.92 Å². The van der Waals surface area contributed by atoms with Crippen molar-refractivity contribution in [1.82, 2.24) is 4.90 Å². The Kier molecular flexibility index (Phi) is 3.75. The van der Waals surface area contributed by atoms with Crippen molar-refractivity contribution in [1.29, 1.82) is 0 Å². The smallest absolute Gasteiger partial charge is 0.321 e. The summed E-state index contributed by atoms with van der Waals surface area (Å²) in [7, 11) is 0. The lowest BCUT2D eigenvalue weighted by Crippen LogP contribution is -2.41. The highest BCUT2D eigenvalue weighted by atomic mass is 16.3. The van der Waals surface area contributed by atoms with E-state index in [1.54, 1.807) is 18.2 Å². The van der Waals surface area contributed by atoms with E-state index in [1.807, 2.05) is 11.8 Å². The minimum absolute atomic E-state index is 0.0494. The van der Waals surface area contributed by atoms with Gasteiger partial charge in [-0.25, -0.2) is 4.79 Å². The predicted molar refractivity (Wildman–Crippen MR) is 71.8 cm³/mol. The number of nitrogens with zero attached hydrogens (tertiary/aromatic N) is 1. The number of urea groups is 1. The molecule has 2 amide bonds. The molecule has 1 heterocycles. The fraction of sp³-hybridized carbons (Fsp3) is 0.500. The van der Waals surface area contributed by atoms with Crippen LogP contribution in [0.15, 0.2) is 18.2 Å². The molecule has 0 spiro atoms. The van der Waals surface area contributed by atoms with Crippen LogP contribution >= 0.6 is 0 Å². The van der Waals surface area contributed by atoms with Crippen molar-refractivity contribution in [3.63, 3.8) is 0 Å². The maximum absolute atomic E-state index is 12.1. The van der Waals surface area contributed by atoms with Gasteiger partial charge in [0.05, 0.1) is 0 Å². The topological polar surface area (TPSA) is 52.6 Å². The number of phenolic OH excluding ortho intramolecular Hbond substituents is 1. The monoisotopic (exact) mass is 248 g/mol. The van der Waals surface area contributed by atoms with E-state index < -0.39 is 0 Å². The Morgan fingerprint density at radius 2 is 2.28 bits per heavy atom. The Morgan fingerprint density at radius 3 is 2.94 bits per heavy atom. The van der Waals surface area contributed by atoms with Crippen molar-refractivity contribution in [2.45, 2.75) is 26.7 Å². The SMILES string of the molecule is Cc1cc(NC(=O)N2CCCC(C)C2)ccc1O. The Labute approximate surface area is 108 Å². The van der Waals surface area contributed by atoms with Crippen molar-refractivity contribution < 1.29 is 9.90 Å². The molecule has 4 nitrogen and oxygen atoms in total. The molecule has 4 heteroatoms. The van der Waals surface area contributed by atoms with Crippen LogP contribution in [0.25, 0.3) is 0 Å². The largest absolute Gasteiger partial charge is 0.508 e. The van der Waals surface area contributed by atoms with Crippen molar-refractivity contribution in [2.75, 3.05) is 18.4 Å². The van der Waals surface area contributed by atoms with Gasteiger partial charge in [0.25, 0.3) is 0 Å². The molecule has 2 N–H and O–H groups in total. The van der Waals surface area contributed by atoms with Gasteiger partial charge >= 0.3 is 6.03 Å². The molecule has 1 saturated heterocycles. The number of piperidine rings is 1. The first-order valence-corrected chi connectivity index (χ1v) is 6.42. The minimum Gasteiger partial charge on any atom is -0.508 e. The molecule has 0 saturated carbocycles. The second-order valence-corrected chi connectivity index (χ2v) is 5.12. The number of carbonyl (C=O) groups excluding carboxylic acids is 1. The van der Waals surface area contributed by atoms with Gasteiger partial charge in [-0.2, -0.15) is 0 Å². The number of rotatable bonds is 1. The van der Waals surface area contributed by atoms with Gasteiger partial charge in [-0.05, 0) is 49.4 Å². The molecule has 2 rings (SSSR count). The molecule has 1 atom stereocenters. The Balaban J connectivity index is 2.00. The summed E-state index contributed by atoms with van der Waals surface area (Å²) in [5.74, 6) is 0.825. The standard InChI is InChI=1S/C14H20N2O2/c1-10-4-3-7-16(9-10)14(18)15-12-5-6-13(17)11(2)8-12/h5-6,8,10,17H,3-4,7,9H2,1-2H3,(H,15,18). The molecule has 1 aromatic carbocycles. The second kappa shape index (κ2) is 5.29. The van der Waals surface area contributed by atoms with Gasteiger partial charge in [-0.15, -0.1) is 0 Å². The third kappa shape index (κ3) is 2.94. The zero-order valence-corrected chi connectivity index (χ0v) is 10.9. The number of phenols is 1. The van der Waals surface area contributed by atoms with Crippen LogP contribution in [0.5, 0.6) is 5.75 Å². The van der Waals surface area contributed by atoms with Crippen LogP contribution in [0, 0.1) is 12.8 Å². The van der Waals surface area contributed by atoms with Gasteiger partial charge in [0.1, 0.15) is 5.75 Å². The van der Waals surface area contributed by atoms with Crippen LogP contribution in [0.1, 0.15) is 25.3 Å². The number of likely N-dealkylation sites (tertiary alicyclic amines) is 1. The number of anilines is 1. The normalized spacial score (nSPS) is 19.7. The lowest BCUT2D eigenvalue weighted by Gasteiger charge is -2.30. The molecular weight excluding hydrogens is 228 g/mol. The number of nitrogens with one attached hydrogen (secondary N) is 1. The number of carbonyl (C=O) groups is 1. The maximum Gasteiger partial charge on any atom is 0.321 e. The highest BCUT2D eigenvalue weighted by Crippen LogP contribution is 2.21. The molecule has 0 aromatic heterocycles. The van der Waals surface area contributed by atoms with Gasteiger partial charge in [-0.3, -0.25) is 0 Å². The molecule has 98 valence electrons. The van der Waals surface area contributed by atoms with Crippen LogP contribution in [0.3, 0.4) is 0 Å². The number of aromatic hydroxyl groups is 1. The highest BCUT2D eigenvalue weighted by Gasteiger charge is 2.20. The van der Waals surface area contributed by atoms with E-state index in [4.69, 9.17) is 0 Å². The zero-order valence-electron chi connectivity index (χ0n) is 10.9. The third-order valence-corrected chi connectivity index (χ3v) is 3.39. The Bertz CT molecular complexity index is 445. The third-order valence-electron chi connectivity index (χ3n) is 3.39. The average molecular weight is 248 g/mol. The molecular formula is C14H20N2O2. The zero-order chi connectivity index (χ0) is 13.1. The molecule has 18 heavy (non-hydrogen) atoms. The summed E-state index contributed by atoms with van der Waals surface area (Å²) in [4.78, 5) is 13.9. The molecule has 0 radical (unpaired) electrons. The van der Waals surface area contributed by atoms with Crippen LogP contribution in [0.4, 0.5) is 10.5 Å². The number of benzene rings is 1. The first-order chi connectivity index (χ1) is 8.56. The lowest BCUT2D eigenvalue weighted by molar-refractivity contribution is 0.182. The fourth-order valence-corrected chi connectivity index (χ4v) is 2.31. The number of amides is 2. The quantitative estimate of drug-likeness (QED) is 0.751. The summed E-state index contributed by atoms with van der Waals surface area (Å²) in [6.07, 6.45) is 2.27. The summed E-state index contributed by atoms with van der Waals surface area (Å²) in [5.41, 5.74) is 1.49. The summed E-state index contributed by atoms with van der Waals surface area (Å²) >= 11 is 0. The van der Waals surface area contributed by atoms with Crippen LogP contribution in [-0.2, 0) is 0 Å². The van der Waals surface area contributed by atoms with Crippen LogP contribution in [0.2, 0.25) is 0 Å². The van der Waals surface area contributed by atoms with E-state index in [0.717, 1.165) is 30.8 Å². The van der Waals surface area contributed by atoms with Crippen LogP contribution < -0.4 is 5.32 Å². The van der Waals surface area contributed by atoms with E-state index in [1.165, 1.54) is 6.42 Å². The van der Waals surface area contributed by atoms with Crippen molar-refractivity contribution in [3.05, 3.63) is 23.8 Å². The average Bonchev–Trinajstić information content (AvgIpc) is 2.34. The lowest BCUT2D eigenvalue weighted by atomic mass is 10.0. The maximum atomic E-state index is 12.1. The van der Waals surface area contributed by atoms with Gasteiger partial charge in [0, 0.05) is 18.8 Å². The Morgan fingerprint density at radius 1 is 1.50 bits per heavy atom. The van der Waals surface area contributed by atoms with E-state index in [2.05, 4.69) is 12.2 Å². The summed E-state index contributed by atoms with van der Waals surface area (Å²) in [6.45, 7) is 5.63. The summed E-state index contributed by atoms with van der Waals surface area (Å²) in [5, 5.41) is 12.3. The highest BCUT2D eigenvalue weighted by molar-refractivity contribution is 5.89. The predicted octanol–water partition coefficient (Wildman–Crippen LogP) is 2.96. The molecule has 1 aliphatic rings. The Hall–Kier alpha value is -1.71. The minimum atomic E-state index is -0.0494. The molecule has 1 aromatic rings. The molecule has 1 fully saturated rings. The number of aryl methyl sites for hydroxylation is 1. The van der Waals surface area contributed by atoms with E-state index in [-0.39, 0.29) is 11.8 Å². The van der Waals surface area contributed by atoms with E-state index in [9.17, 15) is 9.90 Å². The first-order valence-electron chi connectivity index (χ1n) is 6.42. The summed E-state index contributed by atoms with van der Waals surface area (Å²) in [6, 6.07) is 5.05. The van der Waals surface area contributed by atoms with Gasteiger partial charge in [0.2, 0.25) is 0 Å². The van der Waals surface area contributed by atoms with Gasteiger partial charge < -0.3 is 15.3 Å². The van der Waals surface area contributed by atoms with Crippen LogP contribution in [-0.4, -0.2) is 29.1 Å². The number of hydrogen-bond acceptors (Lipinski definition) is 2. The summed E-state index contributed by atoms with van der Waals surface area (Å²) < 4.78 is 0. The van der Waals surface area contributed by atoms with E-state index in [0.29, 0.717) is 5.92 Å². The van der Waals surface area contributed by atoms with Crippen molar-refractivity contribution in [2.24, 2.45) is 5.92 Å². The molecule has 1 aliphatic heterocycles. The molecule has 1 unspecified atom stereocenters. The fourth-order valence-electron chi connectivity index (χ4n) is 2.31. The van der Waals surface area contributed by atoms with Crippen molar-refractivity contribution in [3.8, 4) is 5.75 Å². The van der Waals surface area contributed by atoms with E-state index >= 15 is 0 Å². The molecule has 0 aliphatic carbocycles. The second-order valence-electron chi connectivity index (χ2n) is 5.12.